The third-order valence-electron chi connectivity index (χ3n) is 5.57. The molecule has 0 radical (unpaired) electrons. The number of ether oxygens (including phenoxy) is 2. The van der Waals surface area contributed by atoms with Gasteiger partial charge in [0, 0.05) is 39.0 Å². The van der Waals surface area contributed by atoms with Gasteiger partial charge in [-0.1, -0.05) is 0 Å². The van der Waals surface area contributed by atoms with Gasteiger partial charge in [-0.3, -0.25) is 4.79 Å². The topological polar surface area (TPSA) is 109 Å². The van der Waals surface area contributed by atoms with Crippen LogP contribution in [-0.4, -0.2) is 81.0 Å². The molecule has 0 unspecified atom stereocenters. The number of rotatable bonds is 7. The number of amides is 1. The molecule has 0 bridgehead atoms. The van der Waals surface area contributed by atoms with Gasteiger partial charge < -0.3 is 19.4 Å². The Morgan fingerprint density at radius 1 is 1.06 bits per heavy atom. The van der Waals surface area contributed by atoms with Gasteiger partial charge in [0.2, 0.25) is 10.0 Å². The van der Waals surface area contributed by atoms with Crippen LogP contribution in [0.2, 0.25) is 0 Å². The van der Waals surface area contributed by atoms with Crippen molar-refractivity contribution in [1.82, 2.24) is 14.2 Å². The van der Waals surface area contributed by atoms with Crippen molar-refractivity contribution < 1.29 is 31.9 Å². The van der Waals surface area contributed by atoms with Crippen molar-refractivity contribution in [2.24, 2.45) is 0 Å². The lowest BCUT2D eigenvalue weighted by molar-refractivity contribution is 0.0386. The van der Waals surface area contributed by atoms with Crippen molar-refractivity contribution in [3.8, 4) is 0 Å². The molecular weight excluding hydrogens is 453 g/mol. The van der Waals surface area contributed by atoms with E-state index in [-0.39, 0.29) is 49.3 Å². The van der Waals surface area contributed by atoms with Gasteiger partial charge in [-0.05, 0) is 50.1 Å². The van der Waals surface area contributed by atoms with Crippen molar-refractivity contribution in [2.45, 2.75) is 25.2 Å². The van der Waals surface area contributed by atoms with Gasteiger partial charge in [-0.15, -0.1) is 0 Å². The molecule has 1 aliphatic rings. The summed E-state index contributed by atoms with van der Waals surface area (Å²) in [6.45, 7) is 4.63. The number of nitrogens with one attached hydrogen (secondary N) is 1. The van der Waals surface area contributed by atoms with E-state index in [2.05, 4.69) is 4.98 Å². The second kappa shape index (κ2) is 10.4. The minimum Gasteiger partial charge on any atom is -0.460 e. The largest absolute Gasteiger partial charge is 0.460 e. The van der Waals surface area contributed by atoms with Gasteiger partial charge in [-0.25, -0.2) is 17.6 Å². The van der Waals surface area contributed by atoms with E-state index in [1.165, 1.54) is 23.5 Å². The molecule has 0 atom stereocenters. The molecule has 1 amide bonds. The van der Waals surface area contributed by atoms with E-state index >= 15 is 0 Å². The molecule has 1 aromatic heterocycles. The third kappa shape index (κ3) is 5.43. The zero-order valence-corrected chi connectivity index (χ0v) is 19.7. The first kappa shape index (κ1) is 24.9. The number of halogens is 1. The summed E-state index contributed by atoms with van der Waals surface area (Å²) in [7, 11) is -2.29. The fourth-order valence-corrected chi connectivity index (χ4v) is 5.28. The Balaban J connectivity index is 1.73. The number of hydrogen-bond donors (Lipinski definition) is 1. The van der Waals surface area contributed by atoms with Crippen molar-refractivity contribution in [2.75, 3.05) is 46.5 Å². The number of aromatic nitrogens is 1. The Kier molecular flexibility index (Phi) is 7.88. The molecule has 0 saturated carbocycles. The average molecular weight is 482 g/mol. The maximum absolute atomic E-state index is 13.2. The maximum Gasteiger partial charge on any atom is 0.340 e. The van der Waals surface area contributed by atoms with Gasteiger partial charge in [0.05, 0.1) is 17.1 Å². The van der Waals surface area contributed by atoms with Gasteiger partial charge in [-0.2, -0.15) is 4.31 Å². The van der Waals surface area contributed by atoms with E-state index in [0.717, 1.165) is 12.1 Å². The first-order valence-corrected chi connectivity index (χ1v) is 12.0. The van der Waals surface area contributed by atoms with Crippen molar-refractivity contribution in [3.63, 3.8) is 0 Å². The van der Waals surface area contributed by atoms with E-state index in [4.69, 9.17) is 9.47 Å². The summed E-state index contributed by atoms with van der Waals surface area (Å²) in [6.07, 6.45) is 0.441. The highest BCUT2D eigenvalue weighted by Gasteiger charge is 2.31. The number of aryl methyl sites for hydroxylation is 1. The standard InChI is InChI=1S/C22H28FN3O6S/c1-15-19(22(28)32-14-13-31-3)16(2)24-20(15)21(27)25-9-4-10-26(12-11-25)33(29,30)18-7-5-17(23)6-8-18/h5-8,24H,4,9-14H2,1-3H3. The summed E-state index contributed by atoms with van der Waals surface area (Å²) in [4.78, 5) is 30.2. The van der Waals surface area contributed by atoms with Crippen molar-refractivity contribution in [3.05, 3.63) is 52.6 Å². The molecule has 2 aromatic rings. The number of carbonyl (C=O) groups is 2. The van der Waals surface area contributed by atoms with Crippen LogP contribution < -0.4 is 0 Å². The lowest BCUT2D eigenvalue weighted by Gasteiger charge is -2.22. The van der Waals surface area contributed by atoms with E-state index in [9.17, 15) is 22.4 Å². The van der Waals surface area contributed by atoms with E-state index in [1.807, 2.05) is 0 Å². The lowest BCUT2D eigenvalue weighted by atomic mass is 10.1. The quantitative estimate of drug-likeness (QED) is 0.479. The summed E-state index contributed by atoms with van der Waals surface area (Å²) < 4.78 is 50.4. The molecule has 1 aliphatic heterocycles. The van der Waals surface area contributed by atoms with Crippen LogP contribution in [0.25, 0.3) is 0 Å². The van der Waals surface area contributed by atoms with E-state index < -0.39 is 21.8 Å². The Hall–Kier alpha value is -2.76. The average Bonchev–Trinajstić information content (AvgIpc) is 2.94. The normalized spacial score (nSPS) is 15.3. The van der Waals surface area contributed by atoms with Gasteiger partial charge in [0.25, 0.3) is 5.91 Å². The molecular formula is C22H28FN3O6S. The number of nitrogens with zero attached hydrogens (tertiary/aromatic N) is 2. The zero-order valence-electron chi connectivity index (χ0n) is 18.9. The fourth-order valence-electron chi connectivity index (χ4n) is 3.81. The lowest BCUT2D eigenvalue weighted by Crippen LogP contribution is -2.37. The highest BCUT2D eigenvalue weighted by molar-refractivity contribution is 7.89. The molecule has 0 spiro atoms. The van der Waals surface area contributed by atoms with Crippen LogP contribution in [0.3, 0.4) is 0 Å². The number of aromatic amines is 1. The molecule has 2 heterocycles. The first-order chi connectivity index (χ1) is 15.7. The molecule has 11 heteroatoms. The van der Waals surface area contributed by atoms with Crippen molar-refractivity contribution in [1.29, 1.82) is 0 Å². The fraction of sp³-hybridized carbons (Fsp3) is 0.455. The van der Waals surface area contributed by atoms with E-state index in [1.54, 1.807) is 18.7 Å². The van der Waals surface area contributed by atoms with Gasteiger partial charge in [0.15, 0.2) is 0 Å². The Labute approximate surface area is 192 Å². The van der Waals surface area contributed by atoms with Crippen LogP contribution in [0.5, 0.6) is 0 Å². The number of H-pyrrole nitrogens is 1. The molecule has 0 aliphatic carbocycles. The number of sulfonamides is 1. The summed E-state index contributed by atoms with van der Waals surface area (Å²) >= 11 is 0. The summed E-state index contributed by atoms with van der Waals surface area (Å²) in [5.41, 5.74) is 1.60. The van der Waals surface area contributed by atoms with E-state index in [0.29, 0.717) is 29.8 Å². The van der Waals surface area contributed by atoms with Crippen LogP contribution in [0.1, 0.15) is 38.5 Å². The molecule has 180 valence electrons. The minimum atomic E-state index is -3.80. The molecule has 1 saturated heterocycles. The molecule has 33 heavy (non-hydrogen) atoms. The second-order valence-electron chi connectivity index (χ2n) is 7.76. The molecule has 1 aromatic carbocycles. The summed E-state index contributed by atoms with van der Waals surface area (Å²) in [6, 6.07) is 4.68. The number of carbonyl (C=O) groups excluding carboxylic acids is 2. The number of esters is 1. The molecule has 9 nitrogen and oxygen atoms in total. The Morgan fingerprint density at radius 3 is 2.42 bits per heavy atom. The number of hydrogen-bond acceptors (Lipinski definition) is 6. The smallest absolute Gasteiger partial charge is 0.340 e. The van der Waals surface area contributed by atoms with Gasteiger partial charge in [0.1, 0.15) is 18.1 Å². The maximum atomic E-state index is 13.2. The number of benzene rings is 1. The predicted molar refractivity (Wildman–Crippen MR) is 118 cm³/mol. The van der Waals surface area contributed by atoms with Gasteiger partial charge >= 0.3 is 5.97 Å². The predicted octanol–water partition coefficient (Wildman–Crippen LogP) is 2.11. The van der Waals surface area contributed by atoms with Crippen LogP contribution in [-0.2, 0) is 19.5 Å². The Morgan fingerprint density at radius 2 is 1.76 bits per heavy atom. The van der Waals surface area contributed by atoms with Crippen LogP contribution >= 0.6 is 0 Å². The Bertz CT molecular complexity index is 1110. The molecule has 1 fully saturated rings. The molecule has 1 N–H and O–H groups in total. The highest BCUT2D eigenvalue weighted by atomic mass is 32.2. The summed E-state index contributed by atoms with van der Waals surface area (Å²) in [5, 5.41) is 0. The zero-order chi connectivity index (χ0) is 24.2. The second-order valence-corrected chi connectivity index (χ2v) is 9.70. The van der Waals surface area contributed by atoms with Crippen LogP contribution in [0, 0.1) is 19.7 Å². The highest BCUT2D eigenvalue weighted by Crippen LogP contribution is 2.22. The monoisotopic (exact) mass is 481 g/mol. The minimum absolute atomic E-state index is 0.0103. The summed E-state index contributed by atoms with van der Waals surface area (Å²) in [5.74, 6) is -1.36. The third-order valence-corrected chi connectivity index (χ3v) is 7.48. The first-order valence-electron chi connectivity index (χ1n) is 10.6. The number of methoxy groups -OCH3 is 1. The van der Waals surface area contributed by atoms with Crippen LogP contribution in [0.15, 0.2) is 29.2 Å². The van der Waals surface area contributed by atoms with Crippen LogP contribution in [0.4, 0.5) is 4.39 Å². The van der Waals surface area contributed by atoms with Crippen molar-refractivity contribution >= 4 is 21.9 Å². The molecule has 3 rings (SSSR count). The SMILES string of the molecule is COCCOC(=O)c1c(C)[nH]c(C(=O)N2CCCN(S(=O)(=O)c3ccc(F)cc3)CC2)c1C.